The lowest BCUT2D eigenvalue weighted by Crippen LogP contribution is -2.48. The molecule has 0 saturated carbocycles. The van der Waals surface area contributed by atoms with Crippen LogP contribution in [0.2, 0.25) is 0 Å². The maximum atomic E-state index is 13.8. The Morgan fingerprint density at radius 3 is 2.64 bits per heavy atom. The molecule has 0 atom stereocenters. The monoisotopic (exact) mass is 404 g/mol. The first-order valence-electron chi connectivity index (χ1n) is 9.65. The molecule has 2 aliphatic rings. The Kier molecular flexibility index (Phi) is 5.89. The van der Waals surface area contributed by atoms with E-state index in [1.54, 1.807) is 35.3 Å². The predicted molar refractivity (Wildman–Crippen MR) is 107 cm³/mol. The molecule has 0 N–H and O–H groups in total. The molecule has 0 radical (unpaired) electrons. The van der Waals surface area contributed by atoms with Crippen LogP contribution < -0.4 is 4.90 Å². The van der Waals surface area contributed by atoms with Crippen molar-refractivity contribution in [1.29, 1.82) is 0 Å². The first-order valence-corrected chi connectivity index (χ1v) is 10.5. The van der Waals surface area contributed by atoms with Crippen LogP contribution in [0.15, 0.2) is 23.6 Å². The van der Waals surface area contributed by atoms with E-state index < -0.39 is 0 Å². The summed E-state index contributed by atoms with van der Waals surface area (Å²) in [5, 5.41) is 3.13. The minimum absolute atomic E-state index is 0.106. The molecule has 28 heavy (non-hydrogen) atoms. The topological polar surface area (TPSA) is 48.9 Å². The highest BCUT2D eigenvalue weighted by Crippen LogP contribution is 2.23. The van der Waals surface area contributed by atoms with Crippen LogP contribution in [0.1, 0.15) is 21.6 Å². The number of amides is 1. The fourth-order valence-corrected chi connectivity index (χ4v) is 4.38. The lowest BCUT2D eigenvalue weighted by molar-refractivity contribution is 0.0337. The zero-order valence-corrected chi connectivity index (χ0v) is 16.9. The van der Waals surface area contributed by atoms with Crippen molar-refractivity contribution < 1.29 is 13.9 Å². The molecular formula is C20H25FN4O2S. The number of hydrogen-bond donors (Lipinski definition) is 0. The largest absolute Gasteiger partial charge is 0.379 e. The summed E-state index contributed by atoms with van der Waals surface area (Å²) in [4.78, 5) is 23.8. The fraction of sp³-hybridized carbons (Fsp3) is 0.500. The number of aryl methyl sites for hydroxylation is 1. The van der Waals surface area contributed by atoms with E-state index >= 15 is 0 Å². The van der Waals surface area contributed by atoms with Gasteiger partial charge in [0.25, 0.3) is 5.91 Å². The molecule has 2 saturated heterocycles. The Bertz CT molecular complexity index is 829. The standard InChI is InChI=1S/C20H25FN4O2S/c1-15-2-3-16(12-18(15)21)19(26)24-4-6-25(7-5-24)20-22-17(14-28-20)13-23-8-10-27-11-9-23/h2-3,12,14H,4-11,13H2,1H3. The minimum Gasteiger partial charge on any atom is -0.379 e. The van der Waals surface area contributed by atoms with Gasteiger partial charge in [-0.05, 0) is 24.6 Å². The quantitative estimate of drug-likeness (QED) is 0.783. The van der Waals surface area contributed by atoms with E-state index in [9.17, 15) is 9.18 Å². The second kappa shape index (κ2) is 8.55. The van der Waals surface area contributed by atoms with Gasteiger partial charge in [-0.2, -0.15) is 0 Å². The third-order valence-corrected chi connectivity index (χ3v) is 6.24. The summed E-state index contributed by atoms with van der Waals surface area (Å²) < 4.78 is 19.2. The fourth-order valence-electron chi connectivity index (χ4n) is 3.51. The zero-order chi connectivity index (χ0) is 19.5. The van der Waals surface area contributed by atoms with Crippen LogP contribution in [0.25, 0.3) is 0 Å². The average Bonchev–Trinajstić information content (AvgIpc) is 3.19. The summed E-state index contributed by atoms with van der Waals surface area (Å²) in [6.07, 6.45) is 0. The molecule has 3 heterocycles. The van der Waals surface area contributed by atoms with Crippen LogP contribution in [0.5, 0.6) is 0 Å². The van der Waals surface area contributed by atoms with Gasteiger partial charge in [0, 0.05) is 56.8 Å². The lowest BCUT2D eigenvalue weighted by Gasteiger charge is -2.34. The number of benzene rings is 1. The number of ether oxygens (including phenoxy) is 1. The third kappa shape index (κ3) is 4.34. The van der Waals surface area contributed by atoms with E-state index in [2.05, 4.69) is 15.2 Å². The number of carbonyl (C=O) groups excluding carboxylic acids is 1. The molecule has 0 unspecified atom stereocenters. The second-order valence-corrected chi connectivity index (χ2v) is 8.09. The first-order chi connectivity index (χ1) is 13.6. The van der Waals surface area contributed by atoms with Crippen molar-refractivity contribution in [2.75, 3.05) is 57.4 Å². The molecule has 1 amide bonds. The van der Waals surface area contributed by atoms with Gasteiger partial charge >= 0.3 is 0 Å². The number of hydrogen-bond acceptors (Lipinski definition) is 6. The molecule has 0 bridgehead atoms. The Morgan fingerprint density at radius 2 is 1.93 bits per heavy atom. The summed E-state index contributed by atoms with van der Waals surface area (Å²) >= 11 is 1.66. The highest BCUT2D eigenvalue weighted by molar-refractivity contribution is 7.13. The van der Waals surface area contributed by atoms with Gasteiger partial charge in [-0.1, -0.05) is 6.07 Å². The van der Waals surface area contributed by atoms with E-state index in [4.69, 9.17) is 9.72 Å². The minimum atomic E-state index is -0.333. The number of thiazole rings is 1. The number of morpholine rings is 1. The maximum absolute atomic E-state index is 13.8. The molecule has 2 aliphatic heterocycles. The molecule has 150 valence electrons. The van der Waals surface area contributed by atoms with Gasteiger partial charge in [0.2, 0.25) is 0 Å². The van der Waals surface area contributed by atoms with Crippen LogP contribution >= 0.6 is 11.3 Å². The number of carbonyl (C=O) groups is 1. The van der Waals surface area contributed by atoms with Gasteiger partial charge < -0.3 is 14.5 Å². The Labute approximate surface area is 168 Å². The van der Waals surface area contributed by atoms with Crippen molar-refractivity contribution >= 4 is 22.4 Å². The molecule has 1 aromatic heterocycles. The average molecular weight is 405 g/mol. The van der Waals surface area contributed by atoms with Crippen molar-refractivity contribution in [3.05, 3.63) is 46.2 Å². The molecule has 1 aromatic carbocycles. The molecule has 8 heteroatoms. The van der Waals surface area contributed by atoms with Crippen molar-refractivity contribution in [2.45, 2.75) is 13.5 Å². The van der Waals surface area contributed by atoms with Crippen molar-refractivity contribution in [3.8, 4) is 0 Å². The number of anilines is 1. The van der Waals surface area contributed by atoms with Gasteiger partial charge in [0.1, 0.15) is 5.82 Å². The van der Waals surface area contributed by atoms with Gasteiger partial charge in [-0.15, -0.1) is 11.3 Å². The molecule has 0 aliphatic carbocycles. The first kappa shape index (κ1) is 19.3. The van der Waals surface area contributed by atoms with Crippen LogP contribution in [0, 0.1) is 12.7 Å². The molecule has 0 spiro atoms. The molecule has 2 aromatic rings. The molecular weight excluding hydrogens is 379 g/mol. The second-order valence-electron chi connectivity index (χ2n) is 7.25. The number of rotatable bonds is 4. The number of aromatic nitrogens is 1. The van der Waals surface area contributed by atoms with E-state index in [0.717, 1.165) is 56.8 Å². The summed E-state index contributed by atoms with van der Waals surface area (Å²) in [6.45, 7) is 8.76. The van der Waals surface area contributed by atoms with Gasteiger partial charge in [0.15, 0.2) is 5.13 Å². The van der Waals surface area contributed by atoms with Crippen molar-refractivity contribution in [3.63, 3.8) is 0 Å². The van der Waals surface area contributed by atoms with Crippen molar-refractivity contribution in [2.24, 2.45) is 0 Å². The van der Waals surface area contributed by atoms with Crippen LogP contribution in [-0.4, -0.2) is 73.2 Å². The molecule has 2 fully saturated rings. The van der Waals surface area contributed by atoms with E-state index in [0.29, 0.717) is 24.2 Å². The van der Waals surface area contributed by atoms with Crippen molar-refractivity contribution in [1.82, 2.24) is 14.8 Å². The SMILES string of the molecule is Cc1ccc(C(=O)N2CCN(c3nc(CN4CCOCC4)cs3)CC2)cc1F. The normalized spacial score (nSPS) is 18.5. The Hall–Kier alpha value is -2.03. The molecule has 6 nitrogen and oxygen atoms in total. The van der Waals surface area contributed by atoms with Crippen LogP contribution in [-0.2, 0) is 11.3 Å². The van der Waals surface area contributed by atoms with E-state index in [1.165, 1.54) is 6.07 Å². The Balaban J connectivity index is 1.32. The number of nitrogens with zero attached hydrogens (tertiary/aromatic N) is 4. The maximum Gasteiger partial charge on any atom is 0.254 e. The molecule has 4 rings (SSSR count). The smallest absolute Gasteiger partial charge is 0.254 e. The number of piperazine rings is 1. The number of halogens is 1. The highest BCUT2D eigenvalue weighted by Gasteiger charge is 2.24. The van der Waals surface area contributed by atoms with Crippen LogP contribution in [0.4, 0.5) is 9.52 Å². The summed E-state index contributed by atoms with van der Waals surface area (Å²) in [7, 11) is 0. The zero-order valence-electron chi connectivity index (χ0n) is 16.1. The third-order valence-electron chi connectivity index (χ3n) is 5.29. The summed E-state index contributed by atoms with van der Waals surface area (Å²) in [5.74, 6) is -0.439. The van der Waals surface area contributed by atoms with Gasteiger partial charge in [-0.25, -0.2) is 9.37 Å². The summed E-state index contributed by atoms with van der Waals surface area (Å²) in [5.41, 5.74) is 2.06. The Morgan fingerprint density at radius 1 is 1.18 bits per heavy atom. The van der Waals surface area contributed by atoms with Crippen LogP contribution in [0.3, 0.4) is 0 Å². The highest BCUT2D eigenvalue weighted by atomic mass is 32.1. The summed E-state index contributed by atoms with van der Waals surface area (Å²) in [6, 6.07) is 4.69. The van der Waals surface area contributed by atoms with Gasteiger partial charge in [-0.3, -0.25) is 9.69 Å². The lowest BCUT2D eigenvalue weighted by atomic mass is 10.1. The van der Waals surface area contributed by atoms with E-state index in [1.807, 2.05) is 0 Å². The van der Waals surface area contributed by atoms with Gasteiger partial charge in [0.05, 0.1) is 18.9 Å². The predicted octanol–water partition coefficient (Wildman–Crippen LogP) is 2.39. The van der Waals surface area contributed by atoms with E-state index in [-0.39, 0.29) is 11.7 Å².